The maximum absolute atomic E-state index is 11.9. The van der Waals surface area contributed by atoms with Crippen molar-refractivity contribution in [2.75, 3.05) is 12.9 Å². The summed E-state index contributed by atoms with van der Waals surface area (Å²) in [5.41, 5.74) is -0.664. The second kappa shape index (κ2) is 5.64. The Kier molecular flexibility index (Phi) is 5.49. The molecule has 0 radical (unpaired) electrons. The van der Waals surface area contributed by atoms with E-state index in [-0.39, 0.29) is 11.2 Å². The van der Waals surface area contributed by atoms with Crippen molar-refractivity contribution in [3.63, 3.8) is 0 Å². The van der Waals surface area contributed by atoms with Crippen LogP contribution < -0.4 is 0 Å². The Hall–Kier alpha value is -0.380. The average Bonchev–Trinajstić information content (AvgIpc) is 2.14. The summed E-state index contributed by atoms with van der Waals surface area (Å²) in [4.78, 5) is 11.4. The number of esters is 1. The van der Waals surface area contributed by atoms with Gasteiger partial charge in [-0.3, -0.25) is 9.00 Å². The highest BCUT2D eigenvalue weighted by molar-refractivity contribution is 7.85. The molecule has 0 heterocycles. The predicted octanol–water partition coefficient (Wildman–Crippen LogP) is 1.98. The number of ether oxygens (including phenoxy) is 1. The van der Waals surface area contributed by atoms with Crippen molar-refractivity contribution >= 4 is 16.8 Å². The van der Waals surface area contributed by atoms with Crippen molar-refractivity contribution in [2.24, 2.45) is 11.3 Å². The molecule has 0 amide bonds. The smallest absolute Gasteiger partial charge is 0.312 e. The molecule has 90 valence electrons. The van der Waals surface area contributed by atoms with Gasteiger partial charge in [-0.1, -0.05) is 20.8 Å². The number of hydrogen-bond acceptors (Lipinski definition) is 3. The topological polar surface area (TPSA) is 43.4 Å². The summed E-state index contributed by atoms with van der Waals surface area (Å²) < 4.78 is 16.6. The van der Waals surface area contributed by atoms with Crippen LogP contribution in [0.1, 0.15) is 34.6 Å². The fraction of sp³-hybridized carbons (Fsp3) is 0.909. The highest BCUT2D eigenvalue weighted by atomic mass is 32.2. The fourth-order valence-corrected chi connectivity index (χ4v) is 2.83. The number of rotatable bonds is 5. The van der Waals surface area contributed by atoms with Crippen molar-refractivity contribution in [2.45, 2.75) is 39.9 Å². The molecule has 0 aliphatic heterocycles. The largest absolute Gasteiger partial charge is 0.469 e. The van der Waals surface area contributed by atoms with Gasteiger partial charge in [-0.05, 0) is 19.8 Å². The zero-order valence-electron chi connectivity index (χ0n) is 10.5. The molecule has 0 aromatic heterocycles. The molecule has 0 aliphatic rings. The molecule has 0 fully saturated rings. The molecule has 0 aromatic rings. The van der Waals surface area contributed by atoms with Crippen LogP contribution in [-0.4, -0.2) is 28.3 Å². The van der Waals surface area contributed by atoms with Crippen molar-refractivity contribution in [3.05, 3.63) is 0 Å². The lowest BCUT2D eigenvalue weighted by Gasteiger charge is -2.24. The van der Waals surface area contributed by atoms with Crippen LogP contribution in [0.15, 0.2) is 0 Å². The van der Waals surface area contributed by atoms with Crippen LogP contribution in [0.2, 0.25) is 0 Å². The van der Waals surface area contributed by atoms with Crippen LogP contribution in [0.5, 0.6) is 0 Å². The van der Waals surface area contributed by atoms with Gasteiger partial charge in [0.2, 0.25) is 0 Å². The molecule has 0 aromatic carbocycles. The van der Waals surface area contributed by atoms with E-state index >= 15 is 0 Å². The highest BCUT2D eigenvalue weighted by Gasteiger charge is 2.32. The molecule has 0 spiro atoms. The van der Waals surface area contributed by atoms with E-state index < -0.39 is 16.2 Å². The average molecular weight is 234 g/mol. The maximum atomic E-state index is 11.9. The van der Waals surface area contributed by atoms with Crippen LogP contribution in [0.25, 0.3) is 0 Å². The summed E-state index contributed by atoms with van der Waals surface area (Å²) >= 11 is 0. The minimum absolute atomic E-state index is 0.105. The quantitative estimate of drug-likeness (QED) is 0.683. The van der Waals surface area contributed by atoms with E-state index in [0.717, 1.165) is 0 Å². The Balaban J connectivity index is 4.47. The summed E-state index contributed by atoms with van der Waals surface area (Å²) in [5, 5.41) is 0.105. The lowest BCUT2D eigenvalue weighted by molar-refractivity contribution is -0.149. The van der Waals surface area contributed by atoms with E-state index in [1.54, 1.807) is 13.8 Å². The Morgan fingerprint density at radius 2 is 1.80 bits per heavy atom. The molecule has 0 aliphatic carbocycles. The standard InChI is InChI=1S/C11H22O3S/c1-8(2)9(3)15(13)7-11(4,5)10(12)14-6/h8-9H,7H2,1-6H3. The van der Waals surface area contributed by atoms with Crippen LogP contribution in [-0.2, 0) is 20.3 Å². The van der Waals surface area contributed by atoms with Crippen LogP contribution in [0, 0.1) is 11.3 Å². The third-order valence-electron chi connectivity index (χ3n) is 2.59. The molecule has 4 heteroatoms. The summed E-state index contributed by atoms with van der Waals surface area (Å²) in [6.07, 6.45) is 0. The molecule has 2 atom stereocenters. The first-order valence-corrected chi connectivity index (χ1v) is 6.56. The van der Waals surface area contributed by atoms with Crippen molar-refractivity contribution in [1.82, 2.24) is 0 Å². The van der Waals surface area contributed by atoms with Gasteiger partial charge < -0.3 is 4.74 Å². The van der Waals surface area contributed by atoms with Gasteiger partial charge in [-0.15, -0.1) is 0 Å². The Morgan fingerprint density at radius 3 is 2.13 bits per heavy atom. The first-order chi connectivity index (χ1) is 6.72. The summed E-state index contributed by atoms with van der Waals surface area (Å²) in [6, 6.07) is 0. The monoisotopic (exact) mass is 234 g/mol. The number of methoxy groups -OCH3 is 1. The molecule has 2 unspecified atom stereocenters. The van der Waals surface area contributed by atoms with Crippen LogP contribution >= 0.6 is 0 Å². The van der Waals surface area contributed by atoms with Crippen molar-refractivity contribution < 1.29 is 13.7 Å². The van der Waals surface area contributed by atoms with E-state index in [1.165, 1.54) is 7.11 Å². The molecule has 0 rings (SSSR count). The second-order valence-corrected chi connectivity index (χ2v) is 6.64. The zero-order valence-corrected chi connectivity index (χ0v) is 11.3. The van der Waals surface area contributed by atoms with Crippen molar-refractivity contribution in [1.29, 1.82) is 0 Å². The summed E-state index contributed by atoms with van der Waals surface area (Å²) in [6.45, 7) is 9.56. The van der Waals surface area contributed by atoms with Gasteiger partial charge in [-0.25, -0.2) is 0 Å². The van der Waals surface area contributed by atoms with E-state index in [1.807, 2.05) is 20.8 Å². The lowest BCUT2D eigenvalue weighted by Crippen LogP contribution is -2.35. The minimum Gasteiger partial charge on any atom is -0.469 e. The van der Waals surface area contributed by atoms with Crippen LogP contribution in [0.3, 0.4) is 0 Å². The van der Waals surface area contributed by atoms with E-state index in [0.29, 0.717) is 11.7 Å². The first-order valence-electron chi connectivity index (χ1n) is 5.18. The van der Waals surface area contributed by atoms with Gasteiger partial charge >= 0.3 is 5.97 Å². The number of carbonyl (C=O) groups excluding carboxylic acids is 1. The molecule has 0 bridgehead atoms. The van der Waals surface area contributed by atoms with E-state index in [4.69, 9.17) is 0 Å². The Morgan fingerprint density at radius 1 is 1.33 bits per heavy atom. The molecule has 0 saturated heterocycles. The van der Waals surface area contributed by atoms with E-state index in [2.05, 4.69) is 4.74 Å². The van der Waals surface area contributed by atoms with Crippen molar-refractivity contribution in [3.8, 4) is 0 Å². The van der Waals surface area contributed by atoms with Gasteiger partial charge in [0.25, 0.3) is 0 Å². The third kappa shape index (κ3) is 4.33. The minimum atomic E-state index is -0.987. The molecule has 15 heavy (non-hydrogen) atoms. The lowest BCUT2D eigenvalue weighted by atomic mass is 9.97. The number of carbonyl (C=O) groups is 1. The van der Waals surface area contributed by atoms with Gasteiger partial charge in [0.1, 0.15) is 0 Å². The normalized spacial score (nSPS) is 16.2. The van der Waals surface area contributed by atoms with Gasteiger partial charge in [0, 0.05) is 21.8 Å². The molecule has 3 nitrogen and oxygen atoms in total. The molecular weight excluding hydrogens is 212 g/mol. The first kappa shape index (κ1) is 14.6. The van der Waals surface area contributed by atoms with Crippen LogP contribution in [0.4, 0.5) is 0 Å². The van der Waals surface area contributed by atoms with Gasteiger partial charge in [0.15, 0.2) is 0 Å². The molecule has 0 N–H and O–H groups in total. The Bertz CT molecular complexity index is 246. The SMILES string of the molecule is COC(=O)C(C)(C)CS(=O)C(C)C(C)C. The van der Waals surface area contributed by atoms with Gasteiger partial charge in [-0.2, -0.15) is 0 Å². The third-order valence-corrected chi connectivity index (χ3v) is 4.97. The highest BCUT2D eigenvalue weighted by Crippen LogP contribution is 2.21. The van der Waals surface area contributed by atoms with Gasteiger partial charge in [0.05, 0.1) is 12.5 Å². The second-order valence-electron chi connectivity index (χ2n) is 4.85. The fourth-order valence-electron chi connectivity index (χ4n) is 1.13. The summed E-state index contributed by atoms with van der Waals surface area (Å²) in [5.74, 6) is 0.421. The zero-order chi connectivity index (χ0) is 12.2. The maximum Gasteiger partial charge on any atom is 0.312 e. The summed E-state index contributed by atoms with van der Waals surface area (Å²) in [7, 11) is 0.373. The Labute approximate surface area is 95.0 Å². The number of hydrogen-bond donors (Lipinski definition) is 0. The predicted molar refractivity (Wildman–Crippen MR) is 63.1 cm³/mol. The van der Waals surface area contributed by atoms with E-state index in [9.17, 15) is 9.00 Å². The molecular formula is C11H22O3S. The molecule has 0 saturated carbocycles.